The number of hydrogen-bond acceptors (Lipinski definition) is 8. The largest absolute Gasteiger partial charge is 0.326 e. The number of nitrogens with one attached hydrogen (secondary N) is 1. The predicted octanol–water partition coefficient (Wildman–Crippen LogP) is 5.76. The van der Waals surface area contributed by atoms with Gasteiger partial charge < -0.3 is 0 Å². The Balaban J connectivity index is 1.55. The summed E-state index contributed by atoms with van der Waals surface area (Å²) in [5.41, 5.74) is 6.61. The molecule has 0 atom stereocenters. The fourth-order valence-corrected chi connectivity index (χ4v) is 4.25. The van der Waals surface area contributed by atoms with E-state index < -0.39 is 0 Å². The molecular weight excluding hydrogens is 382 g/mol. The molecule has 0 spiro atoms. The number of guanidine groups is 1. The molecule has 0 saturated carbocycles. The maximum Gasteiger partial charge on any atom is 0.326 e. The first-order valence-corrected chi connectivity index (χ1v) is 9.58. The van der Waals surface area contributed by atoms with E-state index in [2.05, 4.69) is 35.9 Å². The summed E-state index contributed by atoms with van der Waals surface area (Å²) >= 11 is 2.81. The number of rotatable bonds is 3. The van der Waals surface area contributed by atoms with Crippen molar-refractivity contribution in [3.63, 3.8) is 0 Å². The summed E-state index contributed by atoms with van der Waals surface area (Å²) in [7, 11) is 0. The minimum atomic E-state index is -0.332. The van der Waals surface area contributed by atoms with E-state index >= 15 is 0 Å². The van der Waals surface area contributed by atoms with Gasteiger partial charge in [0.1, 0.15) is 0 Å². The van der Waals surface area contributed by atoms with Crippen LogP contribution < -0.4 is 5.43 Å². The summed E-state index contributed by atoms with van der Waals surface area (Å²) in [5.74, 6) is -0.332. The van der Waals surface area contributed by atoms with Gasteiger partial charge in [-0.05, 0) is 37.1 Å². The zero-order valence-corrected chi connectivity index (χ0v) is 16.0. The first kappa shape index (κ1) is 17.3. The summed E-state index contributed by atoms with van der Waals surface area (Å²) in [6.45, 7) is 3.97. The van der Waals surface area contributed by atoms with E-state index in [0.717, 1.165) is 31.6 Å². The van der Waals surface area contributed by atoms with E-state index in [0.29, 0.717) is 10.3 Å². The Morgan fingerprint density at radius 3 is 2.26 bits per heavy atom. The summed E-state index contributed by atoms with van der Waals surface area (Å²) in [6, 6.07) is 11.8. The zero-order chi connectivity index (χ0) is 18.8. The number of hydrogen-bond donors (Lipinski definition) is 1. The highest BCUT2D eigenvalue weighted by atomic mass is 32.1. The van der Waals surface area contributed by atoms with Crippen LogP contribution in [0.2, 0.25) is 0 Å². The van der Waals surface area contributed by atoms with Gasteiger partial charge in [-0.1, -0.05) is 46.9 Å². The van der Waals surface area contributed by atoms with E-state index in [4.69, 9.17) is 0 Å². The summed E-state index contributed by atoms with van der Waals surface area (Å²) in [5, 5.41) is 15.4. The second kappa shape index (κ2) is 7.25. The Bertz CT molecular complexity index is 1210. The Morgan fingerprint density at radius 1 is 0.963 bits per heavy atom. The molecule has 0 aliphatic heterocycles. The van der Waals surface area contributed by atoms with Crippen molar-refractivity contribution in [3.8, 4) is 0 Å². The van der Waals surface area contributed by atoms with Crippen molar-refractivity contribution in [1.29, 1.82) is 0 Å². The number of benzene rings is 2. The number of para-hydroxylation sites is 2. The smallest absolute Gasteiger partial charge is 0.249 e. The molecule has 0 unspecified atom stereocenters. The number of nitroso groups, excluding NO2 is 1. The normalized spacial score (nSPS) is 12.3. The van der Waals surface area contributed by atoms with Crippen LogP contribution in [0.1, 0.15) is 11.1 Å². The molecule has 2 aromatic heterocycles. The topological polar surface area (TPSA) is 104 Å². The minimum Gasteiger partial charge on any atom is -0.249 e. The second-order valence-electron chi connectivity index (χ2n) is 5.67. The van der Waals surface area contributed by atoms with Crippen LogP contribution in [0, 0.1) is 18.8 Å². The van der Waals surface area contributed by atoms with Crippen molar-refractivity contribution in [2.24, 2.45) is 20.5 Å². The van der Waals surface area contributed by atoms with Gasteiger partial charge in [-0.3, -0.25) is 0 Å². The molecule has 0 fully saturated rings. The standard InChI is InChI=1S/C17H13N7OS2/c1-9-5-3-7-11-13(9)18-16(26-11)22-20-15(24-25)21-23-17-19-14-10(2)6-4-8-12(14)27-17/h3-8H,1-2H3,(H,18,22). The van der Waals surface area contributed by atoms with E-state index in [9.17, 15) is 4.91 Å². The van der Waals surface area contributed by atoms with Crippen molar-refractivity contribution in [1.82, 2.24) is 9.97 Å². The van der Waals surface area contributed by atoms with Crippen molar-refractivity contribution in [2.45, 2.75) is 13.8 Å². The quantitative estimate of drug-likeness (QED) is 0.157. The van der Waals surface area contributed by atoms with Gasteiger partial charge >= 0.3 is 5.96 Å². The lowest BCUT2D eigenvalue weighted by molar-refractivity contribution is 1.18. The van der Waals surface area contributed by atoms with Gasteiger partial charge in [0.15, 0.2) is 0 Å². The summed E-state index contributed by atoms with van der Waals surface area (Å²) in [6.07, 6.45) is 0. The van der Waals surface area contributed by atoms with Crippen LogP contribution >= 0.6 is 22.7 Å². The van der Waals surface area contributed by atoms with E-state index in [1.807, 2.05) is 50.2 Å². The first-order valence-electron chi connectivity index (χ1n) is 7.95. The number of anilines is 1. The number of azo groups is 1. The van der Waals surface area contributed by atoms with Crippen LogP contribution in [-0.2, 0) is 0 Å². The fraction of sp³-hybridized carbons (Fsp3) is 0.118. The zero-order valence-electron chi connectivity index (χ0n) is 14.4. The van der Waals surface area contributed by atoms with Crippen LogP contribution in [0.15, 0.2) is 56.9 Å². The van der Waals surface area contributed by atoms with Crippen molar-refractivity contribution < 1.29 is 0 Å². The molecule has 8 nitrogen and oxygen atoms in total. The maximum atomic E-state index is 11.0. The van der Waals surface area contributed by atoms with Crippen molar-refractivity contribution in [3.05, 3.63) is 52.4 Å². The Kier molecular flexibility index (Phi) is 4.65. The number of aromatic nitrogens is 2. The first-order chi connectivity index (χ1) is 13.1. The van der Waals surface area contributed by atoms with Gasteiger partial charge in [0.2, 0.25) is 10.3 Å². The fourth-order valence-electron chi connectivity index (χ4n) is 2.50. The Labute approximate surface area is 161 Å². The van der Waals surface area contributed by atoms with Gasteiger partial charge in [0.25, 0.3) is 0 Å². The number of aryl methyl sites for hydroxylation is 2. The van der Waals surface area contributed by atoms with Gasteiger partial charge in [0.05, 0.1) is 20.4 Å². The van der Waals surface area contributed by atoms with E-state index in [-0.39, 0.29) is 5.96 Å². The predicted molar refractivity (Wildman–Crippen MR) is 110 cm³/mol. The summed E-state index contributed by atoms with van der Waals surface area (Å²) in [4.78, 5) is 19.8. The average molecular weight is 395 g/mol. The van der Waals surface area contributed by atoms with Gasteiger partial charge in [-0.2, -0.15) is 0 Å². The monoisotopic (exact) mass is 395 g/mol. The van der Waals surface area contributed by atoms with Crippen molar-refractivity contribution >= 4 is 59.3 Å². The van der Waals surface area contributed by atoms with Crippen molar-refractivity contribution in [2.75, 3.05) is 5.43 Å². The van der Waals surface area contributed by atoms with Gasteiger partial charge in [0, 0.05) is 5.18 Å². The number of hydrazone groups is 1. The van der Waals surface area contributed by atoms with Crippen LogP contribution in [0.4, 0.5) is 10.3 Å². The minimum absolute atomic E-state index is 0.332. The molecule has 0 aliphatic rings. The van der Waals surface area contributed by atoms with Crippen LogP contribution in [-0.4, -0.2) is 15.9 Å². The third-order valence-corrected chi connectivity index (χ3v) is 5.62. The van der Waals surface area contributed by atoms with E-state index in [1.165, 1.54) is 22.7 Å². The molecule has 0 amide bonds. The number of fused-ring (bicyclic) bond motifs is 2. The lowest BCUT2D eigenvalue weighted by Gasteiger charge is -1.92. The third-order valence-electron chi connectivity index (χ3n) is 3.79. The average Bonchev–Trinajstić information content (AvgIpc) is 3.27. The molecule has 0 saturated heterocycles. The lowest BCUT2D eigenvalue weighted by Crippen LogP contribution is -1.94. The van der Waals surface area contributed by atoms with Gasteiger partial charge in [-0.25, -0.2) is 15.4 Å². The Morgan fingerprint density at radius 2 is 1.63 bits per heavy atom. The molecule has 4 aromatic rings. The molecule has 2 aromatic carbocycles. The molecule has 4 rings (SSSR count). The second-order valence-corrected chi connectivity index (χ2v) is 7.71. The van der Waals surface area contributed by atoms with Crippen LogP contribution in [0.25, 0.3) is 20.4 Å². The lowest BCUT2D eigenvalue weighted by atomic mass is 10.2. The molecular formula is C17H13N7OS2. The highest BCUT2D eigenvalue weighted by molar-refractivity contribution is 7.22. The number of thiazole rings is 2. The SMILES string of the molecule is Cc1cccc2sc(N=NC(N=O)=NNc3nc4c(C)cccc4s3)nc12. The third kappa shape index (κ3) is 3.57. The molecule has 27 heavy (non-hydrogen) atoms. The van der Waals surface area contributed by atoms with E-state index in [1.54, 1.807) is 0 Å². The molecule has 0 bridgehead atoms. The molecule has 1 N–H and O–H groups in total. The van der Waals surface area contributed by atoms with Crippen LogP contribution in [0.3, 0.4) is 0 Å². The Hall–Kier alpha value is -3.11. The maximum absolute atomic E-state index is 11.0. The van der Waals surface area contributed by atoms with Crippen LogP contribution in [0.5, 0.6) is 0 Å². The van der Waals surface area contributed by atoms with Gasteiger partial charge in [-0.15, -0.1) is 20.2 Å². The molecule has 134 valence electrons. The highest BCUT2D eigenvalue weighted by Gasteiger charge is 2.07. The molecule has 0 radical (unpaired) electrons. The highest BCUT2D eigenvalue weighted by Crippen LogP contribution is 2.30. The molecule has 2 heterocycles. The summed E-state index contributed by atoms with van der Waals surface area (Å²) < 4.78 is 2.03. The number of nitrogens with zero attached hydrogens (tertiary/aromatic N) is 6. The molecule has 10 heteroatoms. The molecule has 0 aliphatic carbocycles.